The SMILES string of the molecule is Cn1cc(N)cc1C(=O)N(CC1CCCO1)C1CCSC1. The zero-order chi connectivity index (χ0) is 14.8. The molecule has 2 saturated heterocycles. The highest BCUT2D eigenvalue weighted by atomic mass is 32.2. The van der Waals surface area contributed by atoms with Gasteiger partial charge < -0.3 is 19.9 Å². The first-order chi connectivity index (χ1) is 10.1. The number of hydrogen-bond acceptors (Lipinski definition) is 4. The molecule has 0 radical (unpaired) electrons. The molecule has 1 aromatic rings. The number of hydrogen-bond donors (Lipinski definition) is 1. The lowest BCUT2D eigenvalue weighted by Crippen LogP contribution is -2.45. The number of thioether (sulfide) groups is 1. The molecule has 2 aliphatic rings. The Labute approximate surface area is 129 Å². The maximum atomic E-state index is 12.9. The van der Waals surface area contributed by atoms with Crippen molar-refractivity contribution in [1.29, 1.82) is 0 Å². The molecule has 0 spiro atoms. The molecule has 2 N–H and O–H groups in total. The number of carbonyl (C=O) groups is 1. The van der Waals surface area contributed by atoms with Gasteiger partial charge in [-0.2, -0.15) is 11.8 Å². The number of rotatable bonds is 4. The molecule has 1 amide bonds. The molecule has 116 valence electrons. The Bertz CT molecular complexity index is 505. The van der Waals surface area contributed by atoms with Crippen LogP contribution in [0.2, 0.25) is 0 Å². The van der Waals surface area contributed by atoms with Crippen LogP contribution in [-0.2, 0) is 11.8 Å². The minimum atomic E-state index is 0.0807. The Balaban J connectivity index is 1.79. The van der Waals surface area contributed by atoms with Crippen LogP contribution >= 0.6 is 11.8 Å². The van der Waals surface area contributed by atoms with Crippen LogP contribution in [0.1, 0.15) is 29.8 Å². The Kier molecular flexibility index (Phi) is 4.45. The van der Waals surface area contributed by atoms with Crippen molar-refractivity contribution < 1.29 is 9.53 Å². The average Bonchev–Trinajstić information content (AvgIpc) is 3.16. The molecule has 3 heterocycles. The summed E-state index contributed by atoms with van der Waals surface area (Å²) in [5.41, 5.74) is 7.12. The van der Waals surface area contributed by atoms with Crippen molar-refractivity contribution in [2.45, 2.75) is 31.4 Å². The van der Waals surface area contributed by atoms with Gasteiger partial charge in [0.1, 0.15) is 5.69 Å². The second kappa shape index (κ2) is 6.32. The van der Waals surface area contributed by atoms with Crippen molar-refractivity contribution >= 4 is 23.4 Å². The van der Waals surface area contributed by atoms with Crippen LogP contribution in [-0.4, -0.2) is 52.2 Å². The van der Waals surface area contributed by atoms with Gasteiger partial charge in [0, 0.05) is 38.2 Å². The predicted molar refractivity (Wildman–Crippen MR) is 85.6 cm³/mol. The molecule has 0 saturated carbocycles. The Morgan fingerprint density at radius 2 is 2.43 bits per heavy atom. The Morgan fingerprint density at radius 3 is 3.00 bits per heavy atom. The van der Waals surface area contributed by atoms with E-state index in [1.54, 1.807) is 12.3 Å². The van der Waals surface area contributed by atoms with Gasteiger partial charge in [-0.25, -0.2) is 0 Å². The molecule has 2 unspecified atom stereocenters. The summed E-state index contributed by atoms with van der Waals surface area (Å²) in [5.74, 6) is 2.24. The van der Waals surface area contributed by atoms with Crippen molar-refractivity contribution in [3.05, 3.63) is 18.0 Å². The number of aromatic nitrogens is 1. The molecule has 5 nitrogen and oxygen atoms in total. The van der Waals surface area contributed by atoms with E-state index in [4.69, 9.17) is 10.5 Å². The normalized spacial score (nSPS) is 25.4. The van der Waals surface area contributed by atoms with E-state index in [0.717, 1.165) is 37.4 Å². The van der Waals surface area contributed by atoms with Crippen LogP contribution in [0, 0.1) is 0 Å². The van der Waals surface area contributed by atoms with Crippen LogP contribution in [0.5, 0.6) is 0 Å². The van der Waals surface area contributed by atoms with Gasteiger partial charge in [-0.05, 0) is 31.1 Å². The molecule has 2 atom stereocenters. The van der Waals surface area contributed by atoms with E-state index < -0.39 is 0 Å². The fourth-order valence-electron chi connectivity index (χ4n) is 3.12. The van der Waals surface area contributed by atoms with E-state index in [2.05, 4.69) is 0 Å². The highest BCUT2D eigenvalue weighted by Crippen LogP contribution is 2.26. The summed E-state index contributed by atoms with van der Waals surface area (Å²) in [5, 5.41) is 0. The van der Waals surface area contributed by atoms with Crippen molar-refractivity contribution in [3.8, 4) is 0 Å². The number of aryl methyl sites for hydroxylation is 1. The first-order valence-corrected chi connectivity index (χ1v) is 8.73. The summed E-state index contributed by atoms with van der Waals surface area (Å²) in [4.78, 5) is 15.0. The first kappa shape index (κ1) is 14.8. The number of carbonyl (C=O) groups excluding carboxylic acids is 1. The van der Waals surface area contributed by atoms with Gasteiger partial charge in [-0.1, -0.05) is 0 Å². The topological polar surface area (TPSA) is 60.5 Å². The van der Waals surface area contributed by atoms with Crippen molar-refractivity contribution in [2.24, 2.45) is 7.05 Å². The van der Waals surface area contributed by atoms with E-state index >= 15 is 0 Å². The van der Waals surface area contributed by atoms with Crippen LogP contribution in [0.15, 0.2) is 12.3 Å². The number of anilines is 1. The maximum Gasteiger partial charge on any atom is 0.270 e. The number of nitrogens with zero attached hydrogens (tertiary/aromatic N) is 2. The summed E-state index contributed by atoms with van der Waals surface area (Å²) < 4.78 is 7.55. The van der Waals surface area contributed by atoms with Gasteiger partial charge in [-0.3, -0.25) is 4.79 Å². The third kappa shape index (κ3) is 3.21. The van der Waals surface area contributed by atoms with Gasteiger partial charge in [0.15, 0.2) is 0 Å². The predicted octanol–water partition coefficient (Wildman–Crippen LogP) is 1.73. The number of nitrogen functional groups attached to an aromatic ring is 1. The molecular weight excluding hydrogens is 286 g/mol. The van der Waals surface area contributed by atoms with E-state index in [9.17, 15) is 4.79 Å². The van der Waals surface area contributed by atoms with Crippen molar-refractivity contribution in [2.75, 3.05) is 30.4 Å². The molecule has 1 aromatic heterocycles. The first-order valence-electron chi connectivity index (χ1n) is 7.57. The van der Waals surface area contributed by atoms with Crippen LogP contribution in [0.25, 0.3) is 0 Å². The molecule has 6 heteroatoms. The van der Waals surface area contributed by atoms with Crippen LogP contribution in [0.3, 0.4) is 0 Å². The van der Waals surface area contributed by atoms with E-state index in [1.165, 1.54) is 0 Å². The standard InChI is InChI=1S/C15H23N3O2S/c1-17-8-11(16)7-14(17)15(19)18(12-4-6-21-10-12)9-13-3-2-5-20-13/h7-8,12-13H,2-6,9-10,16H2,1H3. The van der Waals surface area contributed by atoms with Crippen molar-refractivity contribution in [1.82, 2.24) is 9.47 Å². The summed E-state index contributed by atoms with van der Waals surface area (Å²) in [7, 11) is 1.87. The number of ether oxygens (including phenoxy) is 1. The second-order valence-corrected chi connectivity index (χ2v) is 7.03. The van der Waals surface area contributed by atoms with Gasteiger partial charge in [0.05, 0.1) is 11.8 Å². The molecule has 0 aliphatic carbocycles. The quantitative estimate of drug-likeness (QED) is 0.920. The van der Waals surface area contributed by atoms with Crippen molar-refractivity contribution in [3.63, 3.8) is 0 Å². The molecule has 0 aromatic carbocycles. The number of amides is 1. The minimum Gasteiger partial charge on any atom is -0.397 e. The highest BCUT2D eigenvalue weighted by molar-refractivity contribution is 7.99. The van der Waals surface area contributed by atoms with Crippen LogP contribution < -0.4 is 5.73 Å². The molecular formula is C15H23N3O2S. The van der Waals surface area contributed by atoms with Gasteiger partial charge in [-0.15, -0.1) is 0 Å². The van der Waals surface area contributed by atoms with E-state index in [-0.39, 0.29) is 12.0 Å². The van der Waals surface area contributed by atoms with Crippen LogP contribution in [0.4, 0.5) is 5.69 Å². The Hall–Kier alpha value is -1.14. The lowest BCUT2D eigenvalue weighted by molar-refractivity contribution is 0.0434. The molecule has 3 rings (SSSR count). The largest absolute Gasteiger partial charge is 0.397 e. The molecule has 2 aliphatic heterocycles. The summed E-state index contributed by atoms with van der Waals surface area (Å²) >= 11 is 1.92. The van der Waals surface area contributed by atoms with Gasteiger partial charge in [0.25, 0.3) is 5.91 Å². The van der Waals surface area contributed by atoms with Gasteiger partial charge >= 0.3 is 0 Å². The minimum absolute atomic E-state index is 0.0807. The van der Waals surface area contributed by atoms with E-state index in [1.807, 2.05) is 28.3 Å². The monoisotopic (exact) mass is 309 g/mol. The fourth-order valence-corrected chi connectivity index (χ4v) is 4.35. The third-order valence-corrected chi connectivity index (χ3v) is 5.42. The lowest BCUT2D eigenvalue weighted by atomic mass is 10.1. The van der Waals surface area contributed by atoms with Gasteiger partial charge in [0.2, 0.25) is 0 Å². The lowest BCUT2D eigenvalue weighted by Gasteiger charge is -2.30. The zero-order valence-electron chi connectivity index (χ0n) is 12.5. The molecule has 21 heavy (non-hydrogen) atoms. The van der Waals surface area contributed by atoms with E-state index in [0.29, 0.717) is 24.0 Å². The third-order valence-electron chi connectivity index (χ3n) is 4.28. The number of nitrogens with two attached hydrogens (primary N) is 1. The maximum absolute atomic E-state index is 12.9. The fraction of sp³-hybridized carbons (Fsp3) is 0.667. The smallest absolute Gasteiger partial charge is 0.270 e. The summed E-state index contributed by atoms with van der Waals surface area (Å²) in [6, 6.07) is 2.09. The average molecular weight is 309 g/mol. The summed E-state index contributed by atoms with van der Waals surface area (Å²) in [6.45, 7) is 1.53. The Morgan fingerprint density at radius 1 is 1.57 bits per heavy atom. The zero-order valence-corrected chi connectivity index (χ0v) is 13.3. The summed E-state index contributed by atoms with van der Waals surface area (Å²) in [6.07, 6.45) is 5.21. The second-order valence-electron chi connectivity index (χ2n) is 5.88. The molecule has 2 fully saturated rings. The molecule has 0 bridgehead atoms. The highest BCUT2D eigenvalue weighted by Gasteiger charge is 2.32.